The van der Waals surface area contributed by atoms with Gasteiger partial charge in [-0.1, -0.05) is 29.3 Å². The number of rotatable bonds is 5. The van der Waals surface area contributed by atoms with Crippen LogP contribution in [0.4, 0.5) is 5.69 Å². The second kappa shape index (κ2) is 8.25. The molecular weight excluding hydrogens is 435 g/mol. The van der Waals surface area contributed by atoms with E-state index in [1.54, 1.807) is 56.3 Å². The molecule has 1 heterocycles. The fourth-order valence-corrected chi connectivity index (χ4v) is 3.37. The largest absolute Gasteiger partial charge is 0.478 e. The summed E-state index contributed by atoms with van der Waals surface area (Å²) < 4.78 is 11.7. The van der Waals surface area contributed by atoms with E-state index in [4.69, 9.17) is 32.4 Å². The molecule has 4 aromatic rings. The fraction of sp³-hybridized carbons (Fsp3) is 0.167. The molecule has 3 aromatic carbocycles. The van der Waals surface area contributed by atoms with Crippen LogP contribution in [0.15, 0.2) is 65.1 Å². The van der Waals surface area contributed by atoms with Crippen LogP contribution in [0.1, 0.15) is 19.4 Å². The molecule has 1 N–H and O–H groups in total. The maximum absolute atomic E-state index is 12.9. The number of halogens is 2. The predicted molar refractivity (Wildman–Crippen MR) is 124 cm³/mol. The molecule has 4 rings (SSSR count). The van der Waals surface area contributed by atoms with Gasteiger partial charge in [-0.15, -0.1) is 0 Å². The van der Waals surface area contributed by atoms with Crippen molar-refractivity contribution in [3.05, 3.63) is 76.3 Å². The number of aromatic nitrogens is 1. The molecule has 158 valence electrons. The molecular formula is C24H20Cl2N2O3. The Bertz CT molecular complexity index is 1260. The summed E-state index contributed by atoms with van der Waals surface area (Å²) in [5.74, 6) is 0.616. The number of anilines is 1. The van der Waals surface area contributed by atoms with Crippen molar-refractivity contribution in [2.75, 3.05) is 5.32 Å². The minimum Gasteiger partial charge on any atom is -0.478 e. The van der Waals surface area contributed by atoms with E-state index in [1.807, 2.05) is 25.1 Å². The molecule has 0 aliphatic carbocycles. The Morgan fingerprint density at radius 3 is 2.52 bits per heavy atom. The van der Waals surface area contributed by atoms with E-state index in [9.17, 15) is 4.79 Å². The Morgan fingerprint density at radius 1 is 1.03 bits per heavy atom. The number of fused-ring (bicyclic) bond motifs is 1. The van der Waals surface area contributed by atoms with Crippen molar-refractivity contribution in [1.82, 2.24) is 4.98 Å². The van der Waals surface area contributed by atoms with Crippen LogP contribution in [0.3, 0.4) is 0 Å². The van der Waals surface area contributed by atoms with Crippen molar-refractivity contribution in [3.8, 4) is 17.2 Å². The van der Waals surface area contributed by atoms with Gasteiger partial charge in [0.1, 0.15) is 11.3 Å². The number of aryl methyl sites for hydroxylation is 1. The van der Waals surface area contributed by atoms with Gasteiger partial charge in [0.15, 0.2) is 11.2 Å². The molecule has 0 saturated heterocycles. The first-order valence-corrected chi connectivity index (χ1v) is 10.4. The quantitative estimate of drug-likeness (QED) is 0.355. The number of benzene rings is 3. The number of ether oxygens (including phenoxy) is 1. The van der Waals surface area contributed by atoms with Gasteiger partial charge in [-0.05, 0) is 80.9 Å². The van der Waals surface area contributed by atoms with Crippen LogP contribution in [0.5, 0.6) is 5.75 Å². The number of hydrogen-bond acceptors (Lipinski definition) is 4. The molecule has 0 spiro atoms. The predicted octanol–water partition coefficient (Wildman–Crippen LogP) is 6.91. The first kappa shape index (κ1) is 21.2. The zero-order chi connectivity index (χ0) is 22.2. The summed E-state index contributed by atoms with van der Waals surface area (Å²) in [7, 11) is 0. The highest BCUT2D eigenvalue weighted by atomic mass is 35.5. The molecule has 0 bridgehead atoms. The number of carbonyl (C=O) groups excluding carboxylic acids is 1. The lowest BCUT2D eigenvalue weighted by atomic mass is 10.1. The van der Waals surface area contributed by atoms with Crippen molar-refractivity contribution in [2.24, 2.45) is 0 Å². The zero-order valence-corrected chi connectivity index (χ0v) is 18.7. The van der Waals surface area contributed by atoms with Crippen molar-refractivity contribution in [2.45, 2.75) is 26.4 Å². The summed E-state index contributed by atoms with van der Waals surface area (Å²) in [5, 5.41) is 3.94. The Kier molecular flexibility index (Phi) is 5.65. The average molecular weight is 455 g/mol. The van der Waals surface area contributed by atoms with Gasteiger partial charge in [-0.3, -0.25) is 4.79 Å². The third kappa shape index (κ3) is 4.68. The lowest BCUT2D eigenvalue weighted by Crippen LogP contribution is -2.42. The van der Waals surface area contributed by atoms with Crippen molar-refractivity contribution in [1.29, 1.82) is 0 Å². The molecule has 7 heteroatoms. The third-order valence-corrected chi connectivity index (χ3v) is 5.31. The Morgan fingerprint density at radius 2 is 1.77 bits per heavy atom. The zero-order valence-electron chi connectivity index (χ0n) is 17.2. The summed E-state index contributed by atoms with van der Waals surface area (Å²) >= 11 is 12.3. The summed E-state index contributed by atoms with van der Waals surface area (Å²) in [4.78, 5) is 17.4. The summed E-state index contributed by atoms with van der Waals surface area (Å²) in [5.41, 5.74) is 2.52. The maximum atomic E-state index is 12.9. The van der Waals surface area contributed by atoms with Crippen LogP contribution in [0.2, 0.25) is 10.0 Å². The normalized spacial score (nSPS) is 11.5. The van der Waals surface area contributed by atoms with Gasteiger partial charge in [0.05, 0.1) is 10.6 Å². The standard InChI is InChI=1S/C24H20Cl2N2O3/c1-14-4-11-21-20(12-14)28-22(30-21)18-13-16(7-10-19(18)26)27-23(29)24(2,3)31-17-8-5-15(25)6-9-17/h4-13H,1-3H3,(H,27,29). The van der Waals surface area contributed by atoms with Crippen molar-refractivity contribution < 1.29 is 13.9 Å². The van der Waals surface area contributed by atoms with Crippen molar-refractivity contribution >= 4 is 45.9 Å². The summed E-state index contributed by atoms with van der Waals surface area (Å²) in [6.07, 6.45) is 0. The molecule has 0 radical (unpaired) electrons. The summed E-state index contributed by atoms with van der Waals surface area (Å²) in [6, 6.07) is 17.8. The van der Waals surface area contributed by atoms with E-state index < -0.39 is 5.60 Å². The van der Waals surface area contributed by atoms with Gasteiger partial charge < -0.3 is 14.5 Å². The van der Waals surface area contributed by atoms with Gasteiger partial charge in [0, 0.05) is 10.7 Å². The van der Waals surface area contributed by atoms with Crippen LogP contribution < -0.4 is 10.1 Å². The SMILES string of the molecule is Cc1ccc2oc(-c3cc(NC(=O)C(C)(C)Oc4ccc(Cl)cc4)ccc3Cl)nc2c1. The van der Waals surface area contributed by atoms with Crippen LogP contribution in [0, 0.1) is 6.92 Å². The molecule has 1 aromatic heterocycles. The number of amides is 1. The Labute approximate surface area is 189 Å². The van der Waals surface area contributed by atoms with Gasteiger partial charge >= 0.3 is 0 Å². The highest BCUT2D eigenvalue weighted by Gasteiger charge is 2.30. The minimum absolute atomic E-state index is 0.316. The highest BCUT2D eigenvalue weighted by Crippen LogP contribution is 2.33. The maximum Gasteiger partial charge on any atom is 0.267 e. The number of nitrogens with zero attached hydrogens (tertiary/aromatic N) is 1. The van der Waals surface area contributed by atoms with E-state index in [0.717, 1.165) is 11.1 Å². The molecule has 0 saturated carbocycles. The van der Waals surface area contributed by atoms with E-state index in [2.05, 4.69) is 10.3 Å². The fourth-order valence-electron chi connectivity index (χ4n) is 3.04. The number of nitrogens with one attached hydrogen (secondary N) is 1. The molecule has 0 aliphatic heterocycles. The Hall–Kier alpha value is -3.02. The average Bonchev–Trinajstić information content (AvgIpc) is 3.14. The smallest absolute Gasteiger partial charge is 0.267 e. The molecule has 0 aliphatic rings. The van der Waals surface area contributed by atoms with Crippen LogP contribution >= 0.6 is 23.2 Å². The lowest BCUT2D eigenvalue weighted by Gasteiger charge is -2.25. The minimum atomic E-state index is -1.12. The first-order valence-electron chi connectivity index (χ1n) is 9.64. The van der Waals surface area contributed by atoms with Crippen LogP contribution in [0.25, 0.3) is 22.6 Å². The Balaban J connectivity index is 1.57. The van der Waals surface area contributed by atoms with E-state index >= 15 is 0 Å². The van der Waals surface area contributed by atoms with Gasteiger partial charge in [-0.2, -0.15) is 0 Å². The first-order chi connectivity index (χ1) is 14.7. The van der Waals surface area contributed by atoms with Gasteiger partial charge in [0.2, 0.25) is 5.89 Å². The van der Waals surface area contributed by atoms with E-state index in [0.29, 0.717) is 38.5 Å². The number of carbonyl (C=O) groups is 1. The van der Waals surface area contributed by atoms with Crippen molar-refractivity contribution in [3.63, 3.8) is 0 Å². The molecule has 5 nitrogen and oxygen atoms in total. The third-order valence-electron chi connectivity index (χ3n) is 4.73. The molecule has 1 amide bonds. The molecule has 0 fully saturated rings. The van der Waals surface area contributed by atoms with E-state index in [-0.39, 0.29) is 5.91 Å². The topological polar surface area (TPSA) is 64.4 Å². The second-order valence-electron chi connectivity index (χ2n) is 7.71. The molecule has 0 unspecified atom stereocenters. The van der Waals surface area contributed by atoms with E-state index in [1.165, 1.54) is 0 Å². The lowest BCUT2D eigenvalue weighted by molar-refractivity contribution is -0.128. The molecule has 31 heavy (non-hydrogen) atoms. The number of oxazole rings is 1. The molecule has 0 atom stereocenters. The summed E-state index contributed by atoms with van der Waals surface area (Å²) in [6.45, 7) is 5.37. The number of hydrogen-bond donors (Lipinski definition) is 1. The highest BCUT2D eigenvalue weighted by molar-refractivity contribution is 6.33. The van der Waals surface area contributed by atoms with Crippen LogP contribution in [-0.2, 0) is 4.79 Å². The second-order valence-corrected chi connectivity index (χ2v) is 8.55. The van der Waals surface area contributed by atoms with Gasteiger partial charge in [-0.25, -0.2) is 4.98 Å². The monoisotopic (exact) mass is 454 g/mol. The van der Waals surface area contributed by atoms with Gasteiger partial charge in [0.25, 0.3) is 5.91 Å². The van der Waals surface area contributed by atoms with Crippen LogP contribution in [-0.4, -0.2) is 16.5 Å².